The van der Waals surface area contributed by atoms with Crippen LogP contribution < -0.4 is 15.2 Å². The van der Waals surface area contributed by atoms with E-state index < -0.39 is 5.97 Å². The van der Waals surface area contributed by atoms with E-state index in [1.807, 2.05) is 19.1 Å². The Bertz CT molecular complexity index is 1030. The second-order valence-corrected chi connectivity index (χ2v) is 8.78. The molecule has 1 heterocycles. The number of esters is 1. The Balaban J connectivity index is 1.81. The quantitative estimate of drug-likeness (QED) is 0.431. The maximum absolute atomic E-state index is 12.6. The Labute approximate surface area is 180 Å². The Morgan fingerprint density at radius 2 is 1.83 bits per heavy atom. The van der Waals surface area contributed by atoms with Gasteiger partial charge < -0.3 is 15.2 Å². The summed E-state index contributed by atoms with van der Waals surface area (Å²) in [4.78, 5) is 28.5. The fourth-order valence-electron chi connectivity index (χ4n) is 2.81. The van der Waals surface area contributed by atoms with Gasteiger partial charge in [0.1, 0.15) is 0 Å². The van der Waals surface area contributed by atoms with E-state index in [-0.39, 0.29) is 16.5 Å². The average molecular weight is 425 g/mol. The lowest BCUT2D eigenvalue weighted by atomic mass is 9.87. The number of rotatable bonds is 5. The van der Waals surface area contributed by atoms with Crippen molar-refractivity contribution in [3.63, 3.8) is 0 Å². The molecule has 7 heteroatoms. The van der Waals surface area contributed by atoms with E-state index in [0.29, 0.717) is 34.1 Å². The van der Waals surface area contributed by atoms with Crippen LogP contribution in [0.3, 0.4) is 0 Å². The maximum atomic E-state index is 12.6. The second kappa shape index (κ2) is 8.75. The molecule has 0 aliphatic carbocycles. The highest BCUT2D eigenvalue weighted by molar-refractivity contribution is 8.18. The molecular formula is C23H24N2O4S. The molecule has 6 nitrogen and oxygen atoms in total. The molecule has 30 heavy (non-hydrogen) atoms. The molecule has 2 N–H and O–H groups in total. The minimum absolute atomic E-state index is 0.00358. The number of amides is 1. The molecule has 0 fully saturated rings. The number of carbonyl (C=O) groups is 2. The first-order valence-electron chi connectivity index (χ1n) is 9.55. The number of nitrogens with zero attached hydrogens (tertiary/aromatic N) is 1. The van der Waals surface area contributed by atoms with Gasteiger partial charge in [0.2, 0.25) is 0 Å². The van der Waals surface area contributed by atoms with Gasteiger partial charge in [-0.1, -0.05) is 39.0 Å². The number of thioether (sulfide) groups is 1. The summed E-state index contributed by atoms with van der Waals surface area (Å²) in [5.74, 6) is -0.115. The van der Waals surface area contributed by atoms with Crippen LogP contribution in [0.1, 0.15) is 49.2 Å². The van der Waals surface area contributed by atoms with Gasteiger partial charge in [-0.2, -0.15) is 4.99 Å². The fraction of sp³-hybridized carbons (Fsp3) is 0.261. The third kappa shape index (κ3) is 5.10. The number of amidine groups is 1. The van der Waals surface area contributed by atoms with Gasteiger partial charge in [0, 0.05) is 0 Å². The summed E-state index contributed by atoms with van der Waals surface area (Å²) in [6.07, 6.45) is 1.68. The number of carbonyl (C=O) groups excluding carboxylic acids is 2. The van der Waals surface area contributed by atoms with Crippen LogP contribution in [0.25, 0.3) is 6.08 Å². The monoisotopic (exact) mass is 424 g/mol. The molecule has 0 spiro atoms. The van der Waals surface area contributed by atoms with Crippen molar-refractivity contribution in [3.05, 3.63) is 64.1 Å². The van der Waals surface area contributed by atoms with Gasteiger partial charge in [0.15, 0.2) is 16.7 Å². The molecule has 156 valence electrons. The molecule has 0 saturated carbocycles. The number of ether oxygens (including phenoxy) is 2. The molecule has 0 unspecified atom stereocenters. The number of hydrogen-bond donors (Lipinski definition) is 1. The van der Waals surface area contributed by atoms with Gasteiger partial charge in [0.05, 0.1) is 17.1 Å². The molecule has 0 radical (unpaired) electrons. The molecule has 1 aliphatic rings. The van der Waals surface area contributed by atoms with Crippen molar-refractivity contribution in [2.45, 2.75) is 33.1 Å². The van der Waals surface area contributed by atoms with Crippen molar-refractivity contribution in [3.8, 4) is 11.5 Å². The van der Waals surface area contributed by atoms with E-state index in [0.717, 1.165) is 17.3 Å². The molecule has 0 saturated heterocycles. The normalized spacial score (nSPS) is 15.3. The van der Waals surface area contributed by atoms with Crippen molar-refractivity contribution in [1.29, 1.82) is 0 Å². The topological polar surface area (TPSA) is 91.0 Å². The Kier molecular flexibility index (Phi) is 6.31. The SMILES string of the molecule is CCOc1cc(C=C2SC(N)=NC2=O)ccc1OC(=O)c1ccc(C(C)(C)C)cc1. The summed E-state index contributed by atoms with van der Waals surface area (Å²) in [7, 11) is 0. The minimum Gasteiger partial charge on any atom is -0.490 e. The van der Waals surface area contributed by atoms with Gasteiger partial charge in [-0.25, -0.2) is 4.79 Å². The molecule has 2 aromatic rings. The summed E-state index contributed by atoms with van der Waals surface area (Å²) in [6, 6.07) is 12.5. The molecule has 1 amide bonds. The number of hydrogen-bond acceptors (Lipinski definition) is 6. The zero-order chi connectivity index (χ0) is 21.9. The Morgan fingerprint density at radius 3 is 2.40 bits per heavy atom. The fourth-order valence-corrected chi connectivity index (χ4v) is 3.49. The van der Waals surface area contributed by atoms with Crippen molar-refractivity contribution >= 4 is 34.9 Å². The van der Waals surface area contributed by atoms with Gasteiger partial charge in [0.25, 0.3) is 5.91 Å². The van der Waals surface area contributed by atoms with E-state index in [4.69, 9.17) is 15.2 Å². The Hall–Kier alpha value is -3.06. The smallest absolute Gasteiger partial charge is 0.343 e. The van der Waals surface area contributed by atoms with Gasteiger partial charge in [-0.15, -0.1) is 0 Å². The third-order valence-electron chi connectivity index (χ3n) is 4.39. The number of benzene rings is 2. The van der Waals surface area contributed by atoms with E-state index in [2.05, 4.69) is 25.8 Å². The van der Waals surface area contributed by atoms with Crippen LogP contribution in [0.15, 0.2) is 52.4 Å². The highest BCUT2D eigenvalue weighted by atomic mass is 32.2. The summed E-state index contributed by atoms with van der Waals surface area (Å²) in [5.41, 5.74) is 7.89. The van der Waals surface area contributed by atoms with Crippen LogP contribution in [-0.2, 0) is 10.2 Å². The molecule has 0 atom stereocenters. The van der Waals surface area contributed by atoms with Crippen molar-refractivity contribution < 1.29 is 19.1 Å². The van der Waals surface area contributed by atoms with Crippen molar-refractivity contribution in [1.82, 2.24) is 0 Å². The molecule has 1 aliphatic heterocycles. The average Bonchev–Trinajstić information content (AvgIpc) is 3.00. The lowest BCUT2D eigenvalue weighted by molar-refractivity contribution is -0.113. The molecular weight excluding hydrogens is 400 g/mol. The molecule has 2 aromatic carbocycles. The van der Waals surface area contributed by atoms with E-state index in [1.165, 1.54) is 0 Å². The molecule has 0 bridgehead atoms. The zero-order valence-electron chi connectivity index (χ0n) is 17.4. The van der Waals surface area contributed by atoms with Crippen LogP contribution in [0.2, 0.25) is 0 Å². The van der Waals surface area contributed by atoms with Crippen LogP contribution in [-0.4, -0.2) is 23.7 Å². The van der Waals surface area contributed by atoms with Gasteiger partial charge >= 0.3 is 5.97 Å². The maximum Gasteiger partial charge on any atom is 0.343 e. The minimum atomic E-state index is -0.467. The first-order valence-corrected chi connectivity index (χ1v) is 10.4. The largest absolute Gasteiger partial charge is 0.490 e. The van der Waals surface area contributed by atoms with Crippen LogP contribution >= 0.6 is 11.8 Å². The van der Waals surface area contributed by atoms with E-state index in [9.17, 15) is 9.59 Å². The first-order chi connectivity index (χ1) is 14.2. The predicted molar refractivity (Wildman–Crippen MR) is 120 cm³/mol. The summed E-state index contributed by atoms with van der Waals surface area (Å²) >= 11 is 1.12. The standard InChI is InChI=1S/C23H24N2O4S/c1-5-28-18-12-14(13-19-20(26)25-22(24)30-19)6-11-17(18)29-21(27)15-7-9-16(10-8-15)23(2,3)4/h6-13H,5H2,1-4H3,(H2,24,25,26). The summed E-state index contributed by atoms with van der Waals surface area (Å²) in [5, 5.41) is 0.222. The molecule has 0 aromatic heterocycles. The highest BCUT2D eigenvalue weighted by Crippen LogP contribution is 2.32. The second-order valence-electron chi connectivity index (χ2n) is 7.72. The predicted octanol–water partition coefficient (Wildman–Crippen LogP) is 4.53. The van der Waals surface area contributed by atoms with Gasteiger partial charge in [-0.05, 0) is 65.6 Å². The van der Waals surface area contributed by atoms with Gasteiger partial charge in [-0.3, -0.25) is 4.79 Å². The first kappa shape index (κ1) is 21.6. The van der Waals surface area contributed by atoms with Crippen LogP contribution in [0.4, 0.5) is 0 Å². The van der Waals surface area contributed by atoms with Crippen molar-refractivity contribution in [2.24, 2.45) is 10.7 Å². The van der Waals surface area contributed by atoms with Crippen LogP contribution in [0.5, 0.6) is 11.5 Å². The lowest BCUT2D eigenvalue weighted by Crippen LogP contribution is -2.13. The number of aliphatic imine (C=N–C) groups is 1. The van der Waals surface area contributed by atoms with Crippen LogP contribution in [0, 0.1) is 0 Å². The Morgan fingerprint density at radius 1 is 1.13 bits per heavy atom. The summed E-state index contributed by atoms with van der Waals surface area (Å²) in [6.45, 7) is 8.58. The highest BCUT2D eigenvalue weighted by Gasteiger charge is 2.20. The third-order valence-corrected chi connectivity index (χ3v) is 5.20. The van der Waals surface area contributed by atoms with E-state index in [1.54, 1.807) is 36.4 Å². The summed E-state index contributed by atoms with van der Waals surface area (Å²) < 4.78 is 11.2. The lowest BCUT2D eigenvalue weighted by Gasteiger charge is -2.19. The zero-order valence-corrected chi connectivity index (χ0v) is 18.2. The van der Waals surface area contributed by atoms with Crippen molar-refractivity contribution in [2.75, 3.05) is 6.61 Å². The van der Waals surface area contributed by atoms with E-state index >= 15 is 0 Å². The number of nitrogens with two attached hydrogens (primary N) is 1. The molecule has 3 rings (SSSR count).